The Bertz CT molecular complexity index is 431. The normalized spacial score (nSPS) is 11.7. The second-order valence-electron chi connectivity index (χ2n) is 4.68. The number of hydrogen-bond donors (Lipinski definition) is 1. The minimum atomic E-state index is -4.35. The largest absolute Gasteiger partial charge is 0.416 e. The fourth-order valence-electron chi connectivity index (χ4n) is 2.17. The van der Waals surface area contributed by atoms with E-state index in [0.717, 1.165) is 0 Å². The minimum Gasteiger partial charge on any atom is -0.383 e. The van der Waals surface area contributed by atoms with Crippen molar-refractivity contribution in [1.29, 1.82) is 0 Å². The predicted molar refractivity (Wildman–Crippen MR) is 78.6 cm³/mol. The van der Waals surface area contributed by atoms with Crippen LogP contribution in [0.1, 0.15) is 25.0 Å². The molecule has 0 radical (unpaired) electrons. The van der Waals surface area contributed by atoms with Crippen LogP contribution in [0.2, 0.25) is 0 Å². The van der Waals surface area contributed by atoms with Crippen LogP contribution in [0.3, 0.4) is 0 Å². The molecule has 0 atom stereocenters. The van der Waals surface area contributed by atoms with Crippen molar-refractivity contribution in [3.63, 3.8) is 0 Å². The maximum Gasteiger partial charge on any atom is 0.416 e. The van der Waals surface area contributed by atoms with Crippen LogP contribution in [-0.4, -0.2) is 33.4 Å². The topological polar surface area (TPSA) is 24.5 Å². The molecule has 0 saturated heterocycles. The third-order valence-electron chi connectivity index (χ3n) is 3.33. The number of ether oxygens (including phenoxy) is 1. The standard InChI is InChI=1S/C15H23F3N2O/c1-4-20(5-2)13-7-6-12(11-19-8-9-21-3)14(10-13)15(16,17)18/h6-7,10,19H,4-5,8-9,11H2,1-3H3. The van der Waals surface area contributed by atoms with Crippen LogP contribution in [0.4, 0.5) is 18.9 Å². The Kier molecular flexibility index (Phi) is 6.98. The Hall–Kier alpha value is -1.27. The highest BCUT2D eigenvalue weighted by atomic mass is 19.4. The summed E-state index contributed by atoms with van der Waals surface area (Å²) in [6, 6.07) is 4.53. The molecule has 0 unspecified atom stereocenters. The summed E-state index contributed by atoms with van der Waals surface area (Å²) >= 11 is 0. The van der Waals surface area contributed by atoms with Gasteiger partial charge in [0.15, 0.2) is 0 Å². The van der Waals surface area contributed by atoms with Crippen molar-refractivity contribution in [3.8, 4) is 0 Å². The minimum absolute atomic E-state index is 0.177. The number of nitrogens with one attached hydrogen (secondary N) is 1. The van der Waals surface area contributed by atoms with Crippen LogP contribution in [-0.2, 0) is 17.5 Å². The van der Waals surface area contributed by atoms with Crippen LogP contribution < -0.4 is 10.2 Å². The molecule has 1 rings (SSSR count). The van der Waals surface area contributed by atoms with Gasteiger partial charge in [-0.2, -0.15) is 13.2 Å². The van der Waals surface area contributed by atoms with E-state index in [9.17, 15) is 13.2 Å². The van der Waals surface area contributed by atoms with Crippen molar-refractivity contribution in [3.05, 3.63) is 29.3 Å². The number of benzene rings is 1. The first-order chi connectivity index (χ1) is 9.93. The summed E-state index contributed by atoms with van der Waals surface area (Å²) in [7, 11) is 1.56. The van der Waals surface area contributed by atoms with Gasteiger partial charge < -0.3 is 15.0 Å². The van der Waals surface area contributed by atoms with Crippen LogP contribution >= 0.6 is 0 Å². The van der Waals surface area contributed by atoms with Gasteiger partial charge in [-0.25, -0.2) is 0 Å². The molecule has 0 aliphatic carbocycles. The molecule has 0 spiro atoms. The monoisotopic (exact) mass is 304 g/mol. The second-order valence-corrected chi connectivity index (χ2v) is 4.68. The number of hydrogen-bond acceptors (Lipinski definition) is 3. The van der Waals surface area contributed by atoms with E-state index in [1.165, 1.54) is 6.07 Å². The van der Waals surface area contributed by atoms with Crippen LogP contribution in [0.25, 0.3) is 0 Å². The highest BCUT2D eigenvalue weighted by Gasteiger charge is 2.33. The zero-order valence-electron chi connectivity index (χ0n) is 12.8. The Morgan fingerprint density at radius 1 is 1.19 bits per heavy atom. The summed E-state index contributed by atoms with van der Waals surface area (Å²) in [5.74, 6) is 0. The van der Waals surface area contributed by atoms with E-state index in [4.69, 9.17) is 4.74 Å². The summed E-state index contributed by atoms with van der Waals surface area (Å²) in [6.07, 6.45) is -4.35. The highest BCUT2D eigenvalue weighted by Crippen LogP contribution is 2.34. The van der Waals surface area contributed by atoms with Crippen molar-refractivity contribution in [2.75, 3.05) is 38.3 Å². The third-order valence-corrected chi connectivity index (χ3v) is 3.33. The number of anilines is 1. The van der Waals surface area contributed by atoms with Gasteiger partial charge in [-0.15, -0.1) is 0 Å². The fraction of sp³-hybridized carbons (Fsp3) is 0.600. The molecule has 1 N–H and O–H groups in total. The van der Waals surface area contributed by atoms with Gasteiger partial charge >= 0.3 is 6.18 Å². The van der Waals surface area contributed by atoms with Crippen molar-refractivity contribution >= 4 is 5.69 Å². The molecule has 0 aromatic heterocycles. The smallest absolute Gasteiger partial charge is 0.383 e. The molecule has 1 aromatic carbocycles. The van der Waals surface area contributed by atoms with Gasteiger partial charge in [0.25, 0.3) is 0 Å². The number of nitrogens with zero attached hydrogens (tertiary/aromatic N) is 1. The van der Waals surface area contributed by atoms with Gasteiger partial charge in [0.1, 0.15) is 0 Å². The van der Waals surface area contributed by atoms with Crippen molar-refractivity contribution in [2.45, 2.75) is 26.6 Å². The molecule has 6 heteroatoms. The quantitative estimate of drug-likeness (QED) is 0.746. The van der Waals surface area contributed by atoms with E-state index in [-0.39, 0.29) is 12.1 Å². The zero-order valence-corrected chi connectivity index (χ0v) is 12.8. The average Bonchev–Trinajstić information content (AvgIpc) is 2.44. The first kappa shape index (κ1) is 17.8. The molecular formula is C15H23F3N2O. The maximum atomic E-state index is 13.2. The Labute approximate surface area is 124 Å². The average molecular weight is 304 g/mol. The third kappa shape index (κ3) is 5.21. The Morgan fingerprint density at radius 2 is 1.86 bits per heavy atom. The molecule has 0 amide bonds. The van der Waals surface area contributed by atoms with E-state index in [2.05, 4.69) is 5.32 Å². The van der Waals surface area contributed by atoms with E-state index in [1.807, 2.05) is 18.7 Å². The molecule has 1 aromatic rings. The molecular weight excluding hydrogens is 281 g/mol. The van der Waals surface area contributed by atoms with E-state index >= 15 is 0 Å². The lowest BCUT2D eigenvalue weighted by atomic mass is 10.1. The molecule has 0 aliphatic rings. The first-order valence-corrected chi connectivity index (χ1v) is 7.08. The van der Waals surface area contributed by atoms with Crippen LogP contribution in [0.5, 0.6) is 0 Å². The number of halogens is 3. The molecule has 0 bridgehead atoms. The SMILES string of the molecule is CCN(CC)c1ccc(CNCCOC)c(C(F)(F)F)c1. The fourth-order valence-corrected chi connectivity index (χ4v) is 2.17. The summed E-state index contributed by atoms with van der Waals surface area (Å²) < 4.78 is 44.5. The Morgan fingerprint density at radius 3 is 2.38 bits per heavy atom. The van der Waals surface area contributed by atoms with E-state index in [0.29, 0.717) is 31.9 Å². The Balaban J connectivity index is 2.97. The van der Waals surface area contributed by atoms with Crippen molar-refractivity contribution < 1.29 is 17.9 Å². The molecule has 120 valence electrons. The van der Waals surface area contributed by atoms with E-state index in [1.54, 1.807) is 19.2 Å². The lowest BCUT2D eigenvalue weighted by Gasteiger charge is -2.23. The first-order valence-electron chi connectivity index (χ1n) is 7.08. The van der Waals surface area contributed by atoms with Gasteiger partial charge in [0.2, 0.25) is 0 Å². The predicted octanol–water partition coefficient (Wildman–Crippen LogP) is 3.29. The van der Waals surface area contributed by atoms with Gasteiger partial charge in [0.05, 0.1) is 12.2 Å². The van der Waals surface area contributed by atoms with Gasteiger partial charge in [-0.3, -0.25) is 0 Å². The maximum absolute atomic E-state index is 13.2. The van der Waals surface area contributed by atoms with Gasteiger partial charge in [0, 0.05) is 39.0 Å². The van der Waals surface area contributed by atoms with Crippen LogP contribution in [0, 0.1) is 0 Å². The summed E-state index contributed by atoms with van der Waals surface area (Å²) in [5.41, 5.74) is 0.291. The lowest BCUT2D eigenvalue weighted by molar-refractivity contribution is -0.138. The number of methoxy groups -OCH3 is 1. The molecule has 3 nitrogen and oxygen atoms in total. The number of alkyl halides is 3. The second kappa shape index (κ2) is 8.24. The molecule has 0 aliphatic heterocycles. The zero-order chi connectivity index (χ0) is 15.9. The highest BCUT2D eigenvalue weighted by molar-refractivity contribution is 5.51. The van der Waals surface area contributed by atoms with Crippen LogP contribution in [0.15, 0.2) is 18.2 Å². The molecule has 21 heavy (non-hydrogen) atoms. The van der Waals surface area contributed by atoms with E-state index < -0.39 is 11.7 Å². The van der Waals surface area contributed by atoms with Gasteiger partial charge in [-0.05, 0) is 31.5 Å². The molecule has 0 heterocycles. The molecule has 0 fully saturated rings. The van der Waals surface area contributed by atoms with Crippen molar-refractivity contribution in [2.24, 2.45) is 0 Å². The summed E-state index contributed by atoms with van der Waals surface area (Å²) in [6.45, 7) is 6.38. The molecule has 0 saturated carbocycles. The number of rotatable bonds is 8. The lowest BCUT2D eigenvalue weighted by Crippen LogP contribution is -2.24. The van der Waals surface area contributed by atoms with Gasteiger partial charge in [-0.1, -0.05) is 6.07 Å². The summed E-state index contributed by atoms with van der Waals surface area (Å²) in [4.78, 5) is 1.90. The van der Waals surface area contributed by atoms with Crippen molar-refractivity contribution in [1.82, 2.24) is 5.32 Å². The summed E-state index contributed by atoms with van der Waals surface area (Å²) in [5, 5.41) is 2.95.